The van der Waals surface area contributed by atoms with E-state index in [9.17, 15) is 10.1 Å². The Morgan fingerprint density at radius 3 is 2.31 bits per heavy atom. The number of hydrogen-bond donors (Lipinski definition) is 1. The molecule has 39 heavy (non-hydrogen) atoms. The molecule has 5 rings (SSSR count). The third-order valence-electron chi connectivity index (χ3n) is 7.40. The molecule has 1 amide bonds. The number of nitrogens with zero attached hydrogens (tertiary/aromatic N) is 4. The molecule has 0 unspecified atom stereocenters. The number of para-hydroxylation sites is 2. The quantitative estimate of drug-likeness (QED) is 0.332. The zero-order chi connectivity index (χ0) is 27.0. The van der Waals surface area contributed by atoms with Crippen molar-refractivity contribution < 1.29 is 9.53 Å². The van der Waals surface area contributed by atoms with Gasteiger partial charge in [-0.05, 0) is 67.0 Å². The lowest BCUT2D eigenvalue weighted by atomic mass is 9.90. The van der Waals surface area contributed by atoms with E-state index in [0.29, 0.717) is 35.9 Å². The minimum atomic E-state index is -1.05. The monoisotopic (exact) mass is 519 g/mol. The summed E-state index contributed by atoms with van der Waals surface area (Å²) in [6, 6.07) is 28.2. The van der Waals surface area contributed by atoms with Gasteiger partial charge in [0, 0.05) is 19.6 Å². The number of rotatable bonds is 9. The second-order valence-electron chi connectivity index (χ2n) is 9.99. The predicted octanol–water partition coefficient (Wildman–Crippen LogP) is 5.06. The summed E-state index contributed by atoms with van der Waals surface area (Å²) in [7, 11) is 1.63. The van der Waals surface area contributed by atoms with Crippen LogP contribution in [0.5, 0.6) is 5.75 Å². The topological polar surface area (TPSA) is 91.1 Å². The van der Waals surface area contributed by atoms with Crippen LogP contribution >= 0.6 is 0 Å². The van der Waals surface area contributed by atoms with Crippen LogP contribution in [0.15, 0.2) is 78.9 Å². The van der Waals surface area contributed by atoms with E-state index in [-0.39, 0.29) is 5.91 Å². The molecule has 1 saturated heterocycles. The van der Waals surface area contributed by atoms with Gasteiger partial charge in [-0.1, -0.05) is 54.6 Å². The molecule has 7 nitrogen and oxygen atoms in total. The molecule has 0 spiro atoms. The molecule has 1 aromatic heterocycles. The molecule has 1 aliphatic rings. The Morgan fingerprint density at radius 1 is 0.974 bits per heavy atom. The molecular weight excluding hydrogens is 486 g/mol. The third-order valence-corrected chi connectivity index (χ3v) is 7.40. The number of nitrogens with one attached hydrogen (secondary N) is 1. The molecule has 0 radical (unpaired) electrons. The van der Waals surface area contributed by atoms with Gasteiger partial charge in [0.05, 0.1) is 24.2 Å². The van der Waals surface area contributed by atoms with Crippen LogP contribution in [-0.4, -0.2) is 42.6 Å². The van der Waals surface area contributed by atoms with Gasteiger partial charge in [0.25, 0.3) is 0 Å². The predicted molar refractivity (Wildman–Crippen MR) is 153 cm³/mol. The highest BCUT2D eigenvalue weighted by molar-refractivity contribution is 5.88. The van der Waals surface area contributed by atoms with Crippen molar-refractivity contribution >= 4 is 22.8 Å². The fraction of sp³-hybridized carbons (Fsp3) is 0.312. The highest BCUT2D eigenvalue weighted by Gasteiger charge is 2.30. The number of piperidine rings is 1. The van der Waals surface area contributed by atoms with Crippen LogP contribution in [0.1, 0.15) is 35.6 Å². The summed E-state index contributed by atoms with van der Waals surface area (Å²) in [4.78, 5) is 25.2. The van der Waals surface area contributed by atoms with Crippen LogP contribution in [0.2, 0.25) is 0 Å². The summed E-state index contributed by atoms with van der Waals surface area (Å²) in [5, 5.41) is 13.1. The number of aromatic nitrogens is 2. The van der Waals surface area contributed by atoms with Gasteiger partial charge in [-0.25, -0.2) is 9.97 Å². The Hall–Kier alpha value is -4.44. The van der Waals surface area contributed by atoms with Gasteiger partial charge >= 0.3 is 0 Å². The first-order chi connectivity index (χ1) is 19.1. The Bertz CT molecular complexity index is 1440. The minimum Gasteiger partial charge on any atom is -0.497 e. The molecule has 1 fully saturated rings. The van der Waals surface area contributed by atoms with Gasteiger partial charge in [0.15, 0.2) is 11.7 Å². The van der Waals surface area contributed by atoms with Crippen LogP contribution < -0.4 is 15.0 Å². The van der Waals surface area contributed by atoms with Crippen molar-refractivity contribution in [1.29, 1.82) is 5.26 Å². The standard InChI is InChI=1S/C32H33N5O2/c1-39-26-13-11-23(12-14-26)15-18-34-32(38)27(22-33)30-31(36-29-10-6-5-9-28(29)35-30)37-19-16-25(17-20-37)21-24-7-3-2-4-8-24/h2-14,25,27H,15-21H2,1H3,(H,34,38)/t27-/m0/s1. The maximum Gasteiger partial charge on any atom is 0.243 e. The van der Waals surface area contributed by atoms with E-state index in [2.05, 4.69) is 40.6 Å². The van der Waals surface area contributed by atoms with Crippen molar-refractivity contribution in [3.8, 4) is 11.8 Å². The van der Waals surface area contributed by atoms with Crippen molar-refractivity contribution in [2.24, 2.45) is 5.92 Å². The number of fused-ring (bicyclic) bond motifs is 1. The maximum atomic E-state index is 13.3. The molecule has 0 bridgehead atoms. The van der Waals surface area contributed by atoms with Crippen LogP contribution in [0.4, 0.5) is 5.82 Å². The summed E-state index contributed by atoms with van der Waals surface area (Å²) >= 11 is 0. The van der Waals surface area contributed by atoms with E-state index in [1.165, 1.54) is 5.56 Å². The number of carbonyl (C=O) groups excluding carboxylic acids is 1. The van der Waals surface area contributed by atoms with E-state index < -0.39 is 5.92 Å². The molecule has 0 saturated carbocycles. The minimum absolute atomic E-state index is 0.351. The summed E-state index contributed by atoms with van der Waals surface area (Å²) in [6.45, 7) is 2.05. The summed E-state index contributed by atoms with van der Waals surface area (Å²) in [6.07, 6.45) is 3.75. The van der Waals surface area contributed by atoms with Gasteiger partial charge in [0.1, 0.15) is 11.4 Å². The number of benzene rings is 3. The molecule has 198 valence electrons. The Morgan fingerprint density at radius 2 is 1.64 bits per heavy atom. The molecule has 4 aromatic rings. The molecule has 2 heterocycles. The first kappa shape index (κ1) is 26.2. The van der Waals surface area contributed by atoms with E-state index in [4.69, 9.17) is 14.7 Å². The van der Waals surface area contributed by atoms with Crippen molar-refractivity contribution in [2.75, 3.05) is 31.6 Å². The fourth-order valence-corrected chi connectivity index (χ4v) is 5.20. The molecule has 1 aliphatic heterocycles. The zero-order valence-electron chi connectivity index (χ0n) is 22.2. The van der Waals surface area contributed by atoms with Gasteiger partial charge in [-0.2, -0.15) is 5.26 Å². The lowest BCUT2D eigenvalue weighted by Gasteiger charge is -2.34. The summed E-state index contributed by atoms with van der Waals surface area (Å²) < 4.78 is 5.21. The zero-order valence-corrected chi connectivity index (χ0v) is 22.2. The van der Waals surface area contributed by atoms with Crippen LogP contribution in [0, 0.1) is 17.2 Å². The van der Waals surface area contributed by atoms with Crippen molar-refractivity contribution in [1.82, 2.24) is 15.3 Å². The number of hydrogen-bond acceptors (Lipinski definition) is 6. The normalized spacial score (nSPS) is 14.5. The van der Waals surface area contributed by atoms with Gasteiger partial charge in [0.2, 0.25) is 5.91 Å². The average Bonchev–Trinajstić information content (AvgIpc) is 2.98. The number of methoxy groups -OCH3 is 1. The number of carbonyl (C=O) groups is 1. The second kappa shape index (κ2) is 12.4. The molecule has 1 atom stereocenters. The van der Waals surface area contributed by atoms with Crippen molar-refractivity contribution in [3.63, 3.8) is 0 Å². The third kappa shape index (κ3) is 6.35. The van der Waals surface area contributed by atoms with Crippen molar-refractivity contribution in [2.45, 2.75) is 31.6 Å². The number of nitriles is 1. The number of ether oxygens (including phenoxy) is 1. The van der Waals surface area contributed by atoms with E-state index in [0.717, 1.165) is 49.2 Å². The Balaban J connectivity index is 1.31. The average molecular weight is 520 g/mol. The number of amides is 1. The van der Waals surface area contributed by atoms with E-state index in [1.807, 2.05) is 54.6 Å². The lowest BCUT2D eigenvalue weighted by Crippen LogP contribution is -2.37. The second-order valence-corrected chi connectivity index (χ2v) is 9.99. The summed E-state index contributed by atoms with van der Waals surface area (Å²) in [5.41, 5.74) is 4.31. The van der Waals surface area contributed by atoms with Crippen LogP contribution in [0.3, 0.4) is 0 Å². The summed E-state index contributed by atoms with van der Waals surface area (Å²) in [5.74, 6) is 0.627. The first-order valence-electron chi connectivity index (χ1n) is 13.5. The van der Waals surface area contributed by atoms with E-state index >= 15 is 0 Å². The lowest BCUT2D eigenvalue weighted by molar-refractivity contribution is -0.121. The highest BCUT2D eigenvalue weighted by atomic mass is 16.5. The maximum absolute atomic E-state index is 13.3. The largest absolute Gasteiger partial charge is 0.497 e. The van der Waals surface area contributed by atoms with Gasteiger partial charge in [-0.15, -0.1) is 0 Å². The van der Waals surface area contributed by atoms with Crippen molar-refractivity contribution in [3.05, 3.63) is 95.7 Å². The molecule has 1 N–H and O–H groups in total. The Kier molecular flexibility index (Phi) is 8.33. The highest BCUT2D eigenvalue weighted by Crippen LogP contribution is 2.31. The number of anilines is 1. The smallest absolute Gasteiger partial charge is 0.243 e. The fourth-order valence-electron chi connectivity index (χ4n) is 5.20. The van der Waals surface area contributed by atoms with Gasteiger partial charge in [-0.3, -0.25) is 4.79 Å². The van der Waals surface area contributed by atoms with Gasteiger partial charge < -0.3 is 15.0 Å². The van der Waals surface area contributed by atoms with Crippen LogP contribution in [0.25, 0.3) is 11.0 Å². The molecular formula is C32H33N5O2. The molecule has 7 heteroatoms. The molecule has 3 aromatic carbocycles. The van der Waals surface area contributed by atoms with Crippen LogP contribution in [-0.2, 0) is 17.6 Å². The molecule has 0 aliphatic carbocycles. The van der Waals surface area contributed by atoms with E-state index in [1.54, 1.807) is 7.11 Å². The SMILES string of the molecule is COc1ccc(CCNC(=O)[C@@H](C#N)c2nc3ccccc3nc2N2CCC(Cc3ccccc3)CC2)cc1. The Labute approximate surface area is 229 Å². The first-order valence-corrected chi connectivity index (χ1v) is 13.5.